The van der Waals surface area contributed by atoms with Crippen LogP contribution in [0, 0.1) is 0 Å². The molecule has 0 unspecified atom stereocenters. The highest BCUT2D eigenvalue weighted by atomic mass is 19.4. The lowest BCUT2D eigenvalue weighted by Gasteiger charge is -2.33. The van der Waals surface area contributed by atoms with Crippen molar-refractivity contribution in [3.8, 4) is 16.9 Å². The molecule has 1 amide bonds. The van der Waals surface area contributed by atoms with Gasteiger partial charge in [-0.15, -0.1) is 13.2 Å². The number of aromatic nitrogens is 2. The second-order valence-electron chi connectivity index (χ2n) is 8.21. The second kappa shape index (κ2) is 8.08. The molecule has 2 heterocycles. The molecule has 0 bridgehead atoms. The van der Waals surface area contributed by atoms with Gasteiger partial charge >= 0.3 is 12.5 Å². The van der Waals surface area contributed by atoms with Crippen LogP contribution in [0.15, 0.2) is 30.6 Å². The van der Waals surface area contributed by atoms with E-state index in [1.54, 1.807) is 15.8 Å². The van der Waals surface area contributed by atoms with Gasteiger partial charge in [0, 0.05) is 36.1 Å². The van der Waals surface area contributed by atoms with Crippen LogP contribution >= 0.6 is 0 Å². The van der Waals surface area contributed by atoms with Crippen LogP contribution in [0.1, 0.15) is 39.7 Å². The monoisotopic (exact) mass is 426 g/mol. The number of nitrogens with zero attached hydrogens (tertiary/aromatic N) is 3. The van der Waals surface area contributed by atoms with Gasteiger partial charge in [-0.25, -0.2) is 4.79 Å². The van der Waals surface area contributed by atoms with Crippen molar-refractivity contribution in [3.05, 3.63) is 30.6 Å². The Kier molecular flexibility index (Phi) is 5.87. The van der Waals surface area contributed by atoms with E-state index in [0.29, 0.717) is 37.2 Å². The Morgan fingerprint density at radius 1 is 1.20 bits per heavy atom. The number of piperidine rings is 1. The predicted molar refractivity (Wildman–Crippen MR) is 105 cm³/mol. The van der Waals surface area contributed by atoms with Crippen LogP contribution in [0.2, 0.25) is 0 Å². The Morgan fingerprint density at radius 2 is 1.87 bits per heavy atom. The maximum Gasteiger partial charge on any atom is 0.573 e. The van der Waals surface area contributed by atoms with Crippen molar-refractivity contribution in [1.29, 1.82) is 0 Å². The number of rotatable bonds is 3. The standard InChI is InChI=1S/C20H25F3N4O3/c1-19(2,3)30-18(28)26-8-6-15(7-9-26)27-12-13(11-25-27)16-10-14(24)4-5-17(16)29-20(21,22)23/h4-5,10-12,15H,6-9,24H2,1-3H3. The molecule has 164 valence electrons. The van der Waals surface area contributed by atoms with Crippen molar-refractivity contribution in [2.24, 2.45) is 0 Å². The Bertz CT molecular complexity index is 897. The molecule has 0 saturated carbocycles. The molecular weight excluding hydrogens is 401 g/mol. The molecule has 1 aromatic heterocycles. The molecule has 0 radical (unpaired) electrons. The van der Waals surface area contributed by atoms with Gasteiger partial charge in [-0.05, 0) is 51.8 Å². The Hall–Kier alpha value is -2.91. The van der Waals surface area contributed by atoms with Gasteiger partial charge in [0.15, 0.2) is 0 Å². The Morgan fingerprint density at radius 3 is 2.47 bits per heavy atom. The third kappa shape index (κ3) is 5.58. The molecule has 1 saturated heterocycles. The molecule has 1 aromatic carbocycles. The van der Waals surface area contributed by atoms with Gasteiger partial charge in [0.1, 0.15) is 11.4 Å². The number of hydrogen-bond donors (Lipinski definition) is 1. The zero-order chi connectivity index (χ0) is 22.1. The van der Waals surface area contributed by atoms with Crippen LogP contribution < -0.4 is 10.5 Å². The molecule has 7 nitrogen and oxygen atoms in total. The molecule has 1 fully saturated rings. The van der Waals surface area contributed by atoms with Crippen molar-refractivity contribution in [2.45, 2.75) is 51.6 Å². The van der Waals surface area contributed by atoms with Crippen LogP contribution in [-0.4, -0.2) is 45.8 Å². The van der Waals surface area contributed by atoms with Crippen LogP contribution in [0.3, 0.4) is 0 Å². The number of nitrogen functional groups attached to an aromatic ring is 1. The lowest BCUT2D eigenvalue weighted by molar-refractivity contribution is -0.274. The van der Waals surface area contributed by atoms with Gasteiger partial charge in [0.2, 0.25) is 0 Å². The van der Waals surface area contributed by atoms with E-state index in [0.717, 1.165) is 0 Å². The first kappa shape index (κ1) is 21.8. The molecule has 1 aliphatic heterocycles. The second-order valence-corrected chi connectivity index (χ2v) is 8.21. The number of ether oxygens (including phenoxy) is 2. The molecule has 3 rings (SSSR count). The largest absolute Gasteiger partial charge is 0.573 e. The quantitative estimate of drug-likeness (QED) is 0.725. The van der Waals surface area contributed by atoms with E-state index >= 15 is 0 Å². The third-order valence-electron chi connectivity index (χ3n) is 4.63. The number of amides is 1. The number of hydrogen-bond acceptors (Lipinski definition) is 5. The zero-order valence-corrected chi connectivity index (χ0v) is 17.1. The summed E-state index contributed by atoms with van der Waals surface area (Å²) in [5.41, 5.74) is 6.19. The topological polar surface area (TPSA) is 82.6 Å². The number of alkyl halides is 3. The van der Waals surface area contributed by atoms with Gasteiger partial charge in [0.05, 0.1) is 12.2 Å². The van der Waals surface area contributed by atoms with Crippen LogP contribution in [-0.2, 0) is 4.74 Å². The normalized spacial score (nSPS) is 15.9. The summed E-state index contributed by atoms with van der Waals surface area (Å²) in [6.07, 6.45) is -0.693. The number of benzene rings is 1. The summed E-state index contributed by atoms with van der Waals surface area (Å²) in [4.78, 5) is 13.8. The predicted octanol–water partition coefficient (Wildman–Crippen LogP) is 4.60. The lowest BCUT2D eigenvalue weighted by atomic mass is 10.1. The molecule has 2 N–H and O–H groups in total. The van der Waals surface area contributed by atoms with E-state index in [2.05, 4.69) is 9.84 Å². The van der Waals surface area contributed by atoms with Crippen molar-refractivity contribution in [2.75, 3.05) is 18.8 Å². The lowest BCUT2D eigenvalue weighted by Crippen LogP contribution is -2.42. The van der Waals surface area contributed by atoms with E-state index in [1.807, 2.05) is 20.8 Å². The highest BCUT2D eigenvalue weighted by Gasteiger charge is 2.33. The number of halogens is 3. The van der Waals surface area contributed by atoms with Gasteiger partial charge in [-0.3, -0.25) is 4.68 Å². The molecule has 0 spiro atoms. The fourth-order valence-electron chi connectivity index (χ4n) is 3.30. The zero-order valence-electron chi connectivity index (χ0n) is 17.1. The van der Waals surface area contributed by atoms with E-state index in [9.17, 15) is 18.0 Å². The van der Waals surface area contributed by atoms with Gasteiger partial charge in [0.25, 0.3) is 0 Å². The summed E-state index contributed by atoms with van der Waals surface area (Å²) < 4.78 is 49.4. The van der Waals surface area contributed by atoms with Crippen molar-refractivity contribution < 1.29 is 27.4 Å². The van der Waals surface area contributed by atoms with Gasteiger partial charge in [-0.1, -0.05) is 0 Å². The highest BCUT2D eigenvalue weighted by molar-refractivity contribution is 5.73. The summed E-state index contributed by atoms with van der Waals surface area (Å²) in [6.45, 7) is 6.47. The van der Waals surface area contributed by atoms with Crippen LogP contribution in [0.25, 0.3) is 11.1 Å². The first-order valence-corrected chi connectivity index (χ1v) is 9.59. The summed E-state index contributed by atoms with van der Waals surface area (Å²) in [5, 5.41) is 4.32. The highest BCUT2D eigenvalue weighted by Crippen LogP contribution is 2.36. The molecular formula is C20H25F3N4O3. The Labute approximate surface area is 172 Å². The first-order chi connectivity index (χ1) is 13.9. The smallest absolute Gasteiger partial charge is 0.444 e. The average Bonchev–Trinajstić information content (AvgIpc) is 3.11. The summed E-state index contributed by atoms with van der Waals surface area (Å²) >= 11 is 0. The summed E-state index contributed by atoms with van der Waals surface area (Å²) in [5.74, 6) is -0.337. The first-order valence-electron chi connectivity index (χ1n) is 9.59. The molecule has 2 aromatic rings. The fourth-order valence-corrected chi connectivity index (χ4v) is 3.30. The third-order valence-corrected chi connectivity index (χ3v) is 4.63. The fraction of sp³-hybridized carbons (Fsp3) is 0.500. The van der Waals surface area contributed by atoms with Gasteiger partial charge < -0.3 is 20.1 Å². The number of anilines is 1. The van der Waals surface area contributed by atoms with E-state index in [1.165, 1.54) is 24.4 Å². The number of nitrogens with two attached hydrogens (primary N) is 1. The molecule has 1 aliphatic rings. The minimum absolute atomic E-state index is 0.0190. The number of carbonyl (C=O) groups excluding carboxylic acids is 1. The Balaban J connectivity index is 1.71. The number of likely N-dealkylation sites (tertiary alicyclic amines) is 1. The molecule has 0 atom stereocenters. The molecule has 30 heavy (non-hydrogen) atoms. The van der Waals surface area contributed by atoms with Crippen molar-refractivity contribution >= 4 is 11.8 Å². The number of carbonyl (C=O) groups is 1. The molecule has 0 aliphatic carbocycles. The maximum atomic E-state index is 12.7. The van der Waals surface area contributed by atoms with Gasteiger partial charge in [-0.2, -0.15) is 5.10 Å². The van der Waals surface area contributed by atoms with E-state index < -0.39 is 12.0 Å². The van der Waals surface area contributed by atoms with Crippen LogP contribution in [0.4, 0.5) is 23.7 Å². The summed E-state index contributed by atoms with van der Waals surface area (Å²) in [6, 6.07) is 3.98. The van der Waals surface area contributed by atoms with Crippen molar-refractivity contribution in [1.82, 2.24) is 14.7 Å². The summed E-state index contributed by atoms with van der Waals surface area (Å²) in [7, 11) is 0. The molecule has 10 heteroatoms. The average molecular weight is 426 g/mol. The minimum Gasteiger partial charge on any atom is -0.444 e. The minimum atomic E-state index is -4.81. The van der Waals surface area contributed by atoms with E-state index in [4.69, 9.17) is 10.5 Å². The van der Waals surface area contributed by atoms with Crippen molar-refractivity contribution in [3.63, 3.8) is 0 Å². The SMILES string of the molecule is CC(C)(C)OC(=O)N1CCC(n2cc(-c3cc(N)ccc3OC(F)(F)F)cn2)CC1. The van der Waals surface area contributed by atoms with Crippen LogP contribution in [0.5, 0.6) is 5.75 Å². The maximum absolute atomic E-state index is 12.7. The van der Waals surface area contributed by atoms with E-state index in [-0.39, 0.29) is 23.4 Å².